The predicted octanol–water partition coefficient (Wildman–Crippen LogP) is 5.04. The molecule has 174 valence electrons. The van der Waals surface area contributed by atoms with Gasteiger partial charge in [0, 0.05) is 35.0 Å². The number of alkyl halides is 3. The Hall–Kier alpha value is -2.60. The number of aliphatic imine (C=N–C) groups is 1. The maximum Gasteiger partial charge on any atom is 0.429 e. The summed E-state index contributed by atoms with van der Waals surface area (Å²) in [5.41, 5.74) is 7.50. The zero-order valence-corrected chi connectivity index (χ0v) is 19.9. The van der Waals surface area contributed by atoms with Crippen LogP contribution in [0.1, 0.15) is 28.7 Å². The lowest BCUT2D eigenvalue weighted by Crippen LogP contribution is -2.33. The molecule has 2 N–H and O–H groups in total. The molecule has 0 atom stereocenters. The highest BCUT2D eigenvalue weighted by atomic mass is 127. The topological polar surface area (TPSA) is 71.6 Å². The SMILES string of the molecule is C=C(/C=C\N=C(C)C(F)(F)F)CN1CCc2c(-c3ccc(I)cc3F)cc(C(N)=O)nc2C1. The van der Waals surface area contributed by atoms with E-state index in [1.807, 2.05) is 27.5 Å². The molecule has 1 amide bonds. The van der Waals surface area contributed by atoms with Crippen LogP contribution in [0.15, 0.2) is 53.7 Å². The van der Waals surface area contributed by atoms with Crippen LogP contribution in [0.2, 0.25) is 0 Å². The first-order valence-electron chi connectivity index (χ1n) is 9.92. The Morgan fingerprint density at radius 1 is 1.33 bits per heavy atom. The lowest BCUT2D eigenvalue weighted by molar-refractivity contribution is -0.0591. The van der Waals surface area contributed by atoms with Gasteiger partial charge in [0.15, 0.2) is 0 Å². The van der Waals surface area contributed by atoms with E-state index in [-0.39, 0.29) is 5.69 Å². The van der Waals surface area contributed by atoms with Gasteiger partial charge in [0.2, 0.25) is 0 Å². The van der Waals surface area contributed by atoms with E-state index in [4.69, 9.17) is 5.73 Å². The number of fused-ring (bicyclic) bond motifs is 1. The number of pyridine rings is 1. The van der Waals surface area contributed by atoms with Crippen LogP contribution in [0.5, 0.6) is 0 Å². The maximum absolute atomic E-state index is 14.7. The second-order valence-corrected chi connectivity index (χ2v) is 8.86. The fourth-order valence-corrected chi connectivity index (χ4v) is 3.93. The van der Waals surface area contributed by atoms with Crippen LogP contribution in [-0.4, -0.2) is 40.8 Å². The number of amides is 1. The molecule has 5 nitrogen and oxygen atoms in total. The van der Waals surface area contributed by atoms with E-state index >= 15 is 0 Å². The second kappa shape index (κ2) is 10.1. The van der Waals surface area contributed by atoms with Crippen LogP contribution in [0, 0.1) is 9.39 Å². The normalized spacial score (nSPS) is 15.0. The first-order chi connectivity index (χ1) is 15.5. The van der Waals surface area contributed by atoms with Crippen molar-refractivity contribution < 1.29 is 22.4 Å². The Kier molecular flexibility index (Phi) is 7.68. The molecule has 0 spiro atoms. The number of hydrogen-bond acceptors (Lipinski definition) is 4. The molecule has 3 rings (SSSR count). The highest BCUT2D eigenvalue weighted by molar-refractivity contribution is 14.1. The number of carbonyl (C=O) groups is 1. The summed E-state index contributed by atoms with van der Waals surface area (Å²) in [7, 11) is 0. The molecule has 1 aliphatic rings. The third-order valence-electron chi connectivity index (χ3n) is 5.15. The van der Waals surface area contributed by atoms with E-state index in [1.165, 1.54) is 18.2 Å². The summed E-state index contributed by atoms with van der Waals surface area (Å²) in [4.78, 5) is 21.6. The average Bonchev–Trinajstić information content (AvgIpc) is 2.72. The van der Waals surface area contributed by atoms with Crippen LogP contribution in [0.3, 0.4) is 0 Å². The Balaban J connectivity index is 1.83. The molecule has 0 fully saturated rings. The standard InChI is InChI=1S/C23H21F4IN4O/c1-13(5-7-30-14(2)23(25,26)27)11-32-8-6-17-18(16-4-3-15(28)9-19(16)24)10-20(22(29)33)31-21(17)12-32/h3-5,7,9-10H,1,6,8,11-12H2,2H3,(H2,29,33)/b7-5-,30-14?. The van der Waals surface area contributed by atoms with Crippen molar-refractivity contribution in [2.75, 3.05) is 13.1 Å². The summed E-state index contributed by atoms with van der Waals surface area (Å²) >= 11 is 2.02. The second-order valence-electron chi connectivity index (χ2n) is 7.62. The summed E-state index contributed by atoms with van der Waals surface area (Å²) < 4.78 is 53.0. The van der Waals surface area contributed by atoms with Crippen LogP contribution >= 0.6 is 22.6 Å². The van der Waals surface area contributed by atoms with Crippen LogP contribution in [0.4, 0.5) is 17.6 Å². The van der Waals surface area contributed by atoms with Crippen molar-refractivity contribution in [1.82, 2.24) is 9.88 Å². The van der Waals surface area contributed by atoms with Gasteiger partial charge in [0.1, 0.15) is 17.2 Å². The van der Waals surface area contributed by atoms with E-state index in [9.17, 15) is 22.4 Å². The molecule has 33 heavy (non-hydrogen) atoms. The van der Waals surface area contributed by atoms with Crippen molar-refractivity contribution >= 4 is 34.2 Å². The Morgan fingerprint density at radius 2 is 2.06 bits per heavy atom. The number of halogens is 5. The smallest absolute Gasteiger partial charge is 0.364 e. The van der Waals surface area contributed by atoms with Gasteiger partial charge in [-0.05, 0) is 76.9 Å². The number of carbonyl (C=O) groups excluding carboxylic acids is 1. The Bertz CT molecular complexity index is 1160. The van der Waals surface area contributed by atoms with E-state index < -0.39 is 23.6 Å². The summed E-state index contributed by atoms with van der Waals surface area (Å²) in [5.74, 6) is -1.12. The van der Waals surface area contributed by atoms with Crippen LogP contribution in [0.25, 0.3) is 11.1 Å². The molecule has 0 unspecified atom stereocenters. The quantitative estimate of drug-likeness (QED) is 0.228. The summed E-state index contributed by atoms with van der Waals surface area (Å²) in [6.07, 6.45) is -1.43. The predicted molar refractivity (Wildman–Crippen MR) is 127 cm³/mol. The van der Waals surface area contributed by atoms with Gasteiger partial charge < -0.3 is 5.73 Å². The van der Waals surface area contributed by atoms with Gasteiger partial charge in [-0.15, -0.1) is 0 Å². The maximum atomic E-state index is 14.7. The molecular weight excluding hydrogens is 551 g/mol. The number of nitrogens with zero attached hydrogens (tertiary/aromatic N) is 3. The zero-order chi connectivity index (χ0) is 24.3. The van der Waals surface area contributed by atoms with E-state index in [1.54, 1.807) is 12.1 Å². The molecular formula is C23H21F4IN4O. The Labute approximate surface area is 202 Å². The number of aromatic nitrogens is 1. The molecule has 0 radical (unpaired) electrons. The van der Waals surface area contributed by atoms with Crippen LogP contribution < -0.4 is 5.73 Å². The fraction of sp³-hybridized carbons (Fsp3) is 0.261. The molecule has 0 saturated carbocycles. The number of rotatable bonds is 6. The minimum Gasteiger partial charge on any atom is -0.364 e. The van der Waals surface area contributed by atoms with Gasteiger partial charge in [-0.3, -0.25) is 14.7 Å². The summed E-state index contributed by atoms with van der Waals surface area (Å²) in [6.45, 7) is 6.08. The van der Waals surface area contributed by atoms with Gasteiger partial charge in [-0.2, -0.15) is 13.2 Å². The number of benzene rings is 1. The van der Waals surface area contributed by atoms with E-state index in [0.29, 0.717) is 48.4 Å². The first kappa shape index (κ1) is 25.0. The van der Waals surface area contributed by atoms with Crippen molar-refractivity contribution in [3.05, 3.63) is 75.0 Å². The van der Waals surface area contributed by atoms with Gasteiger partial charge in [-0.1, -0.05) is 12.6 Å². The van der Waals surface area contributed by atoms with Gasteiger partial charge in [-0.25, -0.2) is 9.37 Å². The Morgan fingerprint density at radius 3 is 2.70 bits per heavy atom. The molecule has 1 aromatic carbocycles. The number of nitrogens with two attached hydrogens (primary N) is 1. The third kappa shape index (κ3) is 6.26. The highest BCUT2D eigenvalue weighted by Crippen LogP contribution is 2.32. The van der Waals surface area contributed by atoms with Crippen molar-refractivity contribution in [3.8, 4) is 11.1 Å². The third-order valence-corrected chi connectivity index (χ3v) is 5.82. The lowest BCUT2D eigenvalue weighted by Gasteiger charge is -2.30. The van der Waals surface area contributed by atoms with E-state index in [2.05, 4.69) is 16.6 Å². The minimum absolute atomic E-state index is 0.0410. The lowest BCUT2D eigenvalue weighted by atomic mass is 9.92. The molecule has 2 heterocycles. The first-order valence-corrected chi connectivity index (χ1v) is 11.0. The molecule has 0 bridgehead atoms. The minimum atomic E-state index is -4.47. The summed E-state index contributed by atoms with van der Waals surface area (Å²) in [6, 6.07) is 6.38. The largest absolute Gasteiger partial charge is 0.429 e. The van der Waals surface area contributed by atoms with Crippen molar-refractivity contribution in [2.24, 2.45) is 10.7 Å². The fourth-order valence-electron chi connectivity index (χ4n) is 3.47. The van der Waals surface area contributed by atoms with Crippen LogP contribution in [-0.2, 0) is 13.0 Å². The number of hydrogen-bond donors (Lipinski definition) is 1. The summed E-state index contributed by atoms with van der Waals surface area (Å²) in [5, 5.41) is 0. The average molecular weight is 572 g/mol. The molecule has 10 heteroatoms. The molecule has 0 saturated heterocycles. The van der Waals surface area contributed by atoms with Crippen molar-refractivity contribution in [2.45, 2.75) is 26.1 Å². The van der Waals surface area contributed by atoms with E-state index in [0.717, 1.165) is 22.3 Å². The molecule has 0 aliphatic carbocycles. The highest BCUT2D eigenvalue weighted by Gasteiger charge is 2.31. The molecule has 1 aromatic heterocycles. The molecule has 1 aliphatic heterocycles. The van der Waals surface area contributed by atoms with Crippen molar-refractivity contribution in [1.29, 1.82) is 0 Å². The van der Waals surface area contributed by atoms with Gasteiger partial charge in [0.25, 0.3) is 5.91 Å². The number of primary amides is 1. The van der Waals surface area contributed by atoms with Gasteiger partial charge in [0.05, 0.1) is 5.69 Å². The van der Waals surface area contributed by atoms with Crippen molar-refractivity contribution in [3.63, 3.8) is 0 Å². The zero-order valence-electron chi connectivity index (χ0n) is 17.7. The molecule has 2 aromatic rings. The van der Waals surface area contributed by atoms with Gasteiger partial charge >= 0.3 is 6.18 Å². The monoisotopic (exact) mass is 572 g/mol.